The fourth-order valence-corrected chi connectivity index (χ4v) is 1.41. The number of rotatable bonds is 6. The van der Waals surface area contributed by atoms with Gasteiger partial charge in [0.1, 0.15) is 0 Å². The van der Waals surface area contributed by atoms with Gasteiger partial charge in [0, 0.05) is 5.56 Å². The molecule has 16 heavy (non-hydrogen) atoms. The van der Waals surface area contributed by atoms with Gasteiger partial charge in [0.25, 0.3) is 0 Å². The quantitative estimate of drug-likeness (QED) is 0.585. The van der Waals surface area contributed by atoms with Crippen molar-refractivity contribution < 1.29 is 9.59 Å². The Morgan fingerprint density at radius 2 is 2.00 bits per heavy atom. The molecule has 1 unspecified atom stereocenters. The summed E-state index contributed by atoms with van der Waals surface area (Å²) in [7, 11) is 0. The predicted octanol–water partition coefficient (Wildman–Crippen LogP) is 1.95. The second-order valence-electron chi connectivity index (χ2n) is 3.39. The van der Waals surface area contributed by atoms with Gasteiger partial charge in [-0.15, -0.1) is 0 Å². The highest BCUT2D eigenvalue weighted by atomic mass is 16.2. The summed E-state index contributed by atoms with van der Waals surface area (Å²) in [6.07, 6.45) is 1.99. The van der Waals surface area contributed by atoms with Crippen molar-refractivity contribution in [2.24, 2.45) is 0 Å². The van der Waals surface area contributed by atoms with Crippen LogP contribution in [0.1, 0.15) is 23.7 Å². The zero-order valence-electron chi connectivity index (χ0n) is 9.27. The van der Waals surface area contributed by atoms with Crippen molar-refractivity contribution in [1.29, 1.82) is 0 Å². The molecular formula is C13H15NO2. The van der Waals surface area contributed by atoms with Crippen LogP contribution in [0.2, 0.25) is 0 Å². The zero-order chi connectivity index (χ0) is 12.0. The highest BCUT2D eigenvalue weighted by Crippen LogP contribution is 2.04. The number of benzene rings is 1. The fraction of sp³-hybridized carbons (Fsp3) is 0.231. The van der Waals surface area contributed by atoms with E-state index >= 15 is 0 Å². The summed E-state index contributed by atoms with van der Waals surface area (Å²) in [6.45, 7) is 5.33. The molecule has 84 valence electrons. The number of carbonyl (C=O) groups excluding carboxylic acids is 2. The van der Waals surface area contributed by atoms with E-state index in [2.05, 4.69) is 11.9 Å². The van der Waals surface area contributed by atoms with Crippen molar-refractivity contribution >= 4 is 11.6 Å². The molecule has 0 bridgehead atoms. The highest BCUT2D eigenvalue weighted by molar-refractivity contribution is 6.45. The van der Waals surface area contributed by atoms with Crippen molar-refractivity contribution in [3.63, 3.8) is 0 Å². The average Bonchev–Trinajstić information content (AvgIpc) is 2.35. The van der Waals surface area contributed by atoms with Crippen LogP contribution < -0.4 is 5.32 Å². The molecule has 1 aromatic carbocycles. The van der Waals surface area contributed by atoms with Crippen LogP contribution in [0.25, 0.3) is 0 Å². The van der Waals surface area contributed by atoms with Gasteiger partial charge in [-0.25, -0.2) is 0 Å². The smallest absolute Gasteiger partial charge is 0.230 e. The van der Waals surface area contributed by atoms with E-state index in [1.54, 1.807) is 30.3 Å². The van der Waals surface area contributed by atoms with Crippen LogP contribution >= 0.6 is 0 Å². The first-order chi connectivity index (χ1) is 7.70. The standard InChI is InChI=1S/C13H15NO2/c1-3-11(14-4-2)13(16)12(15)10-8-6-5-7-9-10/h4-9,11,14H,2-3H2,1H3. The highest BCUT2D eigenvalue weighted by Gasteiger charge is 2.23. The van der Waals surface area contributed by atoms with Gasteiger partial charge < -0.3 is 5.32 Å². The SMILES string of the molecule is C=CNC(CC)C(=O)C(=O)c1ccccc1. The Bertz CT molecular complexity index is 384. The third kappa shape index (κ3) is 2.79. The Balaban J connectivity index is 2.81. The molecule has 1 aromatic rings. The lowest BCUT2D eigenvalue weighted by molar-refractivity contribution is -0.116. The van der Waals surface area contributed by atoms with Gasteiger partial charge in [0.15, 0.2) is 0 Å². The van der Waals surface area contributed by atoms with Gasteiger partial charge in [0.05, 0.1) is 6.04 Å². The van der Waals surface area contributed by atoms with Crippen molar-refractivity contribution in [2.45, 2.75) is 19.4 Å². The molecule has 0 aliphatic heterocycles. The van der Waals surface area contributed by atoms with E-state index in [4.69, 9.17) is 0 Å². The first kappa shape index (κ1) is 12.2. The van der Waals surface area contributed by atoms with E-state index in [-0.39, 0.29) is 0 Å². The molecule has 0 aromatic heterocycles. The number of Topliss-reactive ketones (excluding diaryl/α,β-unsaturated/α-hetero) is 2. The maximum atomic E-state index is 11.8. The minimum atomic E-state index is -0.481. The summed E-state index contributed by atoms with van der Waals surface area (Å²) in [5.41, 5.74) is 0.428. The van der Waals surface area contributed by atoms with Crippen LogP contribution in [0.5, 0.6) is 0 Å². The largest absolute Gasteiger partial charge is 0.381 e. The molecule has 0 saturated carbocycles. The molecule has 0 aliphatic carbocycles. The Morgan fingerprint density at radius 3 is 2.50 bits per heavy atom. The third-order valence-corrected chi connectivity index (χ3v) is 2.30. The van der Waals surface area contributed by atoms with Crippen LogP contribution in [0.4, 0.5) is 0 Å². The van der Waals surface area contributed by atoms with Crippen LogP contribution in [0.15, 0.2) is 43.1 Å². The van der Waals surface area contributed by atoms with Gasteiger partial charge in [-0.2, -0.15) is 0 Å². The Labute approximate surface area is 95.2 Å². The minimum Gasteiger partial charge on any atom is -0.381 e. The van der Waals surface area contributed by atoms with Crippen molar-refractivity contribution in [1.82, 2.24) is 5.32 Å². The monoisotopic (exact) mass is 217 g/mol. The fourth-order valence-electron chi connectivity index (χ4n) is 1.41. The second kappa shape index (κ2) is 5.85. The lowest BCUT2D eigenvalue weighted by Gasteiger charge is -2.12. The Morgan fingerprint density at radius 1 is 1.38 bits per heavy atom. The lowest BCUT2D eigenvalue weighted by atomic mass is 10.0. The van der Waals surface area contributed by atoms with E-state index in [1.807, 2.05) is 6.92 Å². The number of nitrogens with one attached hydrogen (secondary N) is 1. The van der Waals surface area contributed by atoms with E-state index < -0.39 is 17.6 Å². The normalized spacial score (nSPS) is 11.6. The number of hydrogen-bond donors (Lipinski definition) is 1. The summed E-state index contributed by atoms with van der Waals surface area (Å²) in [6, 6.07) is 8.08. The maximum absolute atomic E-state index is 11.8. The summed E-state index contributed by atoms with van der Waals surface area (Å²) in [5, 5.41) is 2.78. The van der Waals surface area contributed by atoms with E-state index in [9.17, 15) is 9.59 Å². The maximum Gasteiger partial charge on any atom is 0.230 e. The number of hydrogen-bond acceptors (Lipinski definition) is 3. The molecule has 0 heterocycles. The minimum absolute atomic E-state index is 0.423. The first-order valence-electron chi connectivity index (χ1n) is 5.21. The van der Waals surface area contributed by atoms with Gasteiger partial charge in [-0.3, -0.25) is 9.59 Å². The van der Waals surface area contributed by atoms with E-state index in [0.29, 0.717) is 12.0 Å². The summed E-state index contributed by atoms with van der Waals surface area (Å²) >= 11 is 0. The molecule has 0 spiro atoms. The molecule has 0 aliphatic rings. The van der Waals surface area contributed by atoms with Gasteiger partial charge in [-0.05, 0) is 12.6 Å². The molecule has 0 fully saturated rings. The van der Waals surface area contributed by atoms with Gasteiger partial charge in [0.2, 0.25) is 11.6 Å². The van der Waals surface area contributed by atoms with Crippen LogP contribution in [0.3, 0.4) is 0 Å². The van der Waals surface area contributed by atoms with E-state index in [1.165, 1.54) is 6.20 Å². The summed E-state index contributed by atoms with van der Waals surface area (Å²) < 4.78 is 0. The Hall–Kier alpha value is -1.90. The van der Waals surface area contributed by atoms with Crippen molar-refractivity contribution in [3.05, 3.63) is 48.7 Å². The molecule has 1 atom stereocenters. The molecule has 0 radical (unpaired) electrons. The predicted molar refractivity (Wildman–Crippen MR) is 63.2 cm³/mol. The topological polar surface area (TPSA) is 46.2 Å². The molecular weight excluding hydrogens is 202 g/mol. The molecule has 1 rings (SSSR count). The second-order valence-corrected chi connectivity index (χ2v) is 3.39. The average molecular weight is 217 g/mol. The summed E-state index contributed by atoms with van der Waals surface area (Å²) in [5.74, 6) is -0.879. The third-order valence-electron chi connectivity index (χ3n) is 2.30. The lowest BCUT2D eigenvalue weighted by Crippen LogP contribution is -2.37. The Kier molecular flexibility index (Phi) is 4.45. The molecule has 3 nitrogen and oxygen atoms in total. The summed E-state index contributed by atoms with van der Waals surface area (Å²) in [4.78, 5) is 23.6. The van der Waals surface area contributed by atoms with Crippen LogP contribution in [-0.4, -0.2) is 17.6 Å². The van der Waals surface area contributed by atoms with Crippen molar-refractivity contribution in [2.75, 3.05) is 0 Å². The molecule has 0 saturated heterocycles. The van der Waals surface area contributed by atoms with Crippen LogP contribution in [0, 0.1) is 0 Å². The van der Waals surface area contributed by atoms with Crippen LogP contribution in [-0.2, 0) is 4.79 Å². The molecule has 3 heteroatoms. The number of ketones is 2. The molecule has 0 amide bonds. The molecule has 1 N–H and O–H groups in total. The van der Waals surface area contributed by atoms with Crippen molar-refractivity contribution in [3.8, 4) is 0 Å². The van der Waals surface area contributed by atoms with Gasteiger partial charge >= 0.3 is 0 Å². The van der Waals surface area contributed by atoms with Gasteiger partial charge in [-0.1, -0.05) is 43.8 Å². The zero-order valence-corrected chi connectivity index (χ0v) is 9.27. The number of carbonyl (C=O) groups is 2. The van der Waals surface area contributed by atoms with E-state index in [0.717, 1.165) is 0 Å². The first-order valence-corrected chi connectivity index (χ1v) is 5.21.